The third-order valence-electron chi connectivity index (χ3n) is 3.77. The van der Waals surface area contributed by atoms with Crippen molar-refractivity contribution in [3.63, 3.8) is 0 Å². The summed E-state index contributed by atoms with van der Waals surface area (Å²) in [5.41, 5.74) is 0. The van der Waals surface area contributed by atoms with Gasteiger partial charge in [-0.3, -0.25) is 5.32 Å². The number of sulfone groups is 1. The van der Waals surface area contributed by atoms with Crippen LogP contribution in [0, 0.1) is 11.8 Å². The van der Waals surface area contributed by atoms with Gasteiger partial charge in [-0.1, -0.05) is 24.9 Å². The Labute approximate surface area is 130 Å². The predicted octanol–water partition coefficient (Wildman–Crippen LogP) is 1.56. The molecule has 1 aromatic rings. The lowest BCUT2D eigenvalue weighted by Gasteiger charge is -2.26. The number of carbonyl (C=O) groups is 1. The van der Waals surface area contributed by atoms with Crippen molar-refractivity contribution in [3.8, 4) is 0 Å². The second kappa shape index (κ2) is 7.08. The third-order valence-corrected chi connectivity index (χ3v) is 4.55. The van der Waals surface area contributed by atoms with Gasteiger partial charge in [0.05, 0.1) is 0 Å². The van der Waals surface area contributed by atoms with Crippen LogP contribution in [0.15, 0.2) is 4.52 Å². The maximum absolute atomic E-state index is 11.7. The molecule has 2 N–H and O–H groups in total. The van der Waals surface area contributed by atoms with Crippen LogP contribution in [0.25, 0.3) is 0 Å². The molecular formula is C13H22N4O4S. The predicted molar refractivity (Wildman–Crippen MR) is 81.0 cm³/mol. The Morgan fingerprint density at radius 3 is 2.64 bits per heavy atom. The monoisotopic (exact) mass is 330 g/mol. The normalized spacial score (nSPS) is 22.3. The number of urea groups is 1. The maximum atomic E-state index is 11.7. The number of rotatable bonds is 5. The minimum atomic E-state index is -3.23. The summed E-state index contributed by atoms with van der Waals surface area (Å²) in [6, 6.07) is -0.526. The highest BCUT2D eigenvalue weighted by Crippen LogP contribution is 2.27. The van der Waals surface area contributed by atoms with Crippen LogP contribution in [0.1, 0.15) is 38.4 Å². The first-order chi connectivity index (χ1) is 10.3. The SMILES string of the molecule is CC1CCC(CNC(=O)Nc2nc(CS(C)(=O)=O)no2)CC1. The summed E-state index contributed by atoms with van der Waals surface area (Å²) >= 11 is 0. The first kappa shape index (κ1) is 16.7. The Balaban J connectivity index is 1.75. The molecule has 1 aliphatic carbocycles. The van der Waals surface area contributed by atoms with Crippen LogP contribution in [0.4, 0.5) is 10.8 Å². The number of nitrogens with one attached hydrogen (secondary N) is 2. The van der Waals surface area contributed by atoms with Crippen molar-refractivity contribution < 1.29 is 17.7 Å². The minimum absolute atomic E-state index is 0.0269. The number of amides is 2. The van der Waals surface area contributed by atoms with Gasteiger partial charge in [-0.2, -0.15) is 4.98 Å². The fourth-order valence-electron chi connectivity index (χ4n) is 2.51. The van der Waals surface area contributed by atoms with Crippen molar-refractivity contribution in [1.29, 1.82) is 0 Å². The first-order valence-electron chi connectivity index (χ1n) is 7.37. The van der Waals surface area contributed by atoms with E-state index in [0.717, 1.165) is 25.0 Å². The van der Waals surface area contributed by atoms with Crippen LogP contribution in [-0.4, -0.2) is 37.4 Å². The van der Waals surface area contributed by atoms with E-state index >= 15 is 0 Å². The van der Waals surface area contributed by atoms with Crippen LogP contribution in [0.3, 0.4) is 0 Å². The molecule has 0 saturated heterocycles. The molecule has 2 rings (SSSR count). The molecule has 1 saturated carbocycles. The van der Waals surface area contributed by atoms with Crippen LogP contribution in [-0.2, 0) is 15.6 Å². The molecule has 0 bridgehead atoms. The summed E-state index contributed by atoms with van der Waals surface area (Å²) < 4.78 is 27.0. The van der Waals surface area contributed by atoms with Crippen molar-refractivity contribution in [2.24, 2.45) is 11.8 Å². The van der Waals surface area contributed by atoms with Crippen molar-refractivity contribution in [3.05, 3.63) is 5.82 Å². The van der Waals surface area contributed by atoms with Crippen LogP contribution in [0.2, 0.25) is 0 Å². The lowest BCUT2D eigenvalue weighted by atomic mass is 9.83. The average molecular weight is 330 g/mol. The van der Waals surface area contributed by atoms with Gasteiger partial charge in [0.1, 0.15) is 5.75 Å². The van der Waals surface area contributed by atoms with E-state index in [1.165, 1.54) is 12.8 Å². The molecule has 124 valence electrons. The summed E-state index contributed by atoms with van der Waals surface area (Å²) in [4.78, 5) is 15.6. The van der Waals surface area contributed by atoms with E-state index in [1.807, 2.05) is 0 Å². The number of aromatic nitrogens is 2. The fourth-order valence-corrected chi connectivity index (χ4v) is 3.10. The number of hydrogen-bond acceptors (Lipinski definition) is 6. The fraction of sp³-hybridized carbons (Fsp3) is 0.769. The van der Waals surface area contributed by atoms with Crippen molar-refractivity contribution in [2.75, 3.05) is 18.1 Å². The molecule has 0 spiro atoms. The van der Waals surface area contributed by atoms with Crippen LogP contribution >= 0.6 is 0 Å². The Hall–Kier alpha value is -1.64. The molecule has 1 heterocycles. The smallest absolute Gasteiger partial charge is 0.329 e. The second-order valence-corrected chi connectivity index (χ2v) is 8.19. The number of carbonyl (C=O) groups excluding carboxylic acids is 1. The Kier molecular flexibility index (Phi) is 5.38. The lowest BCUT2D eigenvalue weighted by Crippen LogP contribution is -2.34. The minimum Gasteiger partial charge on any atom is -0.337 e. The summed E-state index contributed by atoms with van der Waals surface area (Å²) in [7, 11) is -3.23. The van der Waals surface area contributed by atoms with Crippen LogP contribution in [0.5, 0.6) is 0 Å². The molecule has 9 heteroatoms. The van der Waals surface area contributed by atoms with Gasteiger partial charge >= 0.3 is 12.0 Å². The maximum Gasteiger partial charge on any atom is 0.329 e. The van der Waals surface area contributed by atoms with Crippen molar-refractivity contribution in [2.45, 2.75) is 38.4 Å². The Morgan fingerprint density at radius 2 is 2.00 bits per heavy atom. The molecule has 8 nitrogen and oxygen atoms in total. The molecule has 1 aliphatic rings. The van der Waals surface area contributed by atoms with E-state index in [1.54, 1.807) is 0 Å². The van der Waals surface area contributed by atoms with Gasteiger partial charge in [0.15, 0.2) is 15.7 Å². The number of anilines is 1. The molecule has 0 unspecified atom stereocenters. The molecule has 22 heavy (non-hydrogen) atoms. The van der Waals surface area contributed by atoms with Gasteiger partial charge in [-0.15, -0.1) is 0 Å². The van der Waals surface area contributed by atoms with E-state index in [-0.39, 0.29) is 17.6 Å². The standard InChI is InChI=1S/C13H22N4O4S/c1-9-3-5-10(6-4-9)7-14-12(18)16-13-15-11(17-21-13)8-22(2,19)20/h9-10H,3-8H2,1-2H3,(H2,14,15,16,17,18). The zero-order chi connectivity index (χ0) is 16.2. The summed E-state index contributed by atoms with van der Waals surface area (Å²) in [6.45, 7) is 2.86. The van der Waals surface area contributed by atoms with E-state index in [0.29, 0.717) is 12.5 Å². The lowest BCUT2D eigenvalue weighted by molar-refractivity contribution is 0.242. The van der Waals surface area contributed by atoms with Crippen LogP contribution < -0.4 is 10.6 Å². The van der Waals surface area contributed by atoms with Gasteiger partial charge in [0, 0.05) is 12.8 Å². The highest BCUT2D eigenvalue weighted by atomic mass is 32.2. The van der Waals surface area contributed by atoms with Gasteiger partial charge in [-0.25, -0.2) is 13.2 Å². The van der Waals surface area contributed by atoms with Crippen molar-refractivity contribution >= 4 is 21.9 Å². The number of nitrogens with zero attached hydrogens (tertiary/aromatic N) is 2. The molecule has 1 aromatic heterocycles. The zero-order valence-electron chi connectivity index (χ0n) is 12.8. The Bertz CT molecular complexity index is 605. The summed E-state index contributed by atoms with van der Waals surface area (Å²) in [5.74, 6) is 0.987. The zero-order valence-corrected chi connectivity index (χ0v) is 13.6. The molecule has 0 aliphatic heterocycles. The largest absolute Gasteiger partial charge is 0.337 e. The van der Waals surface area contributed by atoms with E-state index in [4.69, 9.17) is 4.52 Å². The molecule has 2 amide bonds. The van der Waals surface area contributed by atoms with Gasteiger partial charge in [0.2, 0.25) is 0 Å². The molecule has 1 fully saturated rings. The third kappa shape index (κ3) is 5.63. The second-order valence-electron chi connectivity index (χ2n) is 6.05. The highest BCUT2D eigenvalue weighted by molar-refractivity contribution is 7.89. The van der Waals surface area contributed by atoms with E-state index in [2.05, 4.69) is 27.7 Å². The molecular weight excluding hydrogens is 308 g/mol. The quantitative estimate of drug-likeness (QED) is 0.847. The average Bonchev–Trinajstić information content (AvgIpc) is 2.83. The Morgan fingerprint density at radius 1 is 1.32 bits per heavy atom. The van der Waals surface area contributed by atoms with Gasteiger partial charge in [0.25, 0.3) is 0 Å². The van der Waals surface area contributed by atoms with Crippen molar-refractivity contribution in [1.82, 2.24) is 15.5 Å². The number of hydrogen-bond donors (Lipinski definition) is 2. The molecule has 0 atom stereocenters. The van der Waals surface area contributed by atoms with Gasteiger partial charge in [-0.05, 0) is 24.7 Å². The first-order valence-corrected chi connectivity index (χ1v) is 9.43. The summed E-state index contributed by atoms with van der Waals surface area (Å²) in [5, 5.41) is 8.69. The molecule has 0 radical (unpaired) electrons. The summed E-state index contributed by atoms with van der Waals surface area (Å²) in [6.07, 6.45) is 5.73. The highest BCUT2D eigenvalue weighted by Gasteiger charge is 2.19. The topological polar surface area (TPSA) is 114 Å². The van der Waals surface area contributed by atoms with Gasteiger partial charge < -0.3 is 9.84 Å². The van der Waals surface area contributed by atoms with E-state index in [9.17, 15) is 13.2 Å². The van der Waals surface area contributed by atoms with E-state index < -0.39 is 15.9 Å². The molecule has 0 aromatic carbocycles.